The van der Waals surface area contributed by atoms with Gasteiger partial charge >= 0.3 is 5.97 Å². The van der Waals surface area contributed by atoms with Gasteiger partial charge in [-0.1, -0.05) is 25.1 Å². The number of nitrogens with zero attached hydrogens (tertiary/aromatic N) is 1. The number of furan rings is 1. The molecule has 0 radical (unpaired) electrons. The highest BCUT2D eigenvalue weighted by atomic mass is 32.2. The average molecular weight is 669 g/mol. The third-order valence-corrected chi connectivity index (χ3v) is 9.25. The first-order valence-electron chi connectivity index (χ1n) is 15.9. The molecule has 1 amide bonds. The van der Waals surface area contributed by atoms with Crippen LogP contribution in [0.5, 0.6) is 0 Å². The third-order valence-electron chi connectivity index (χ3n) is 8.07. The topological polar surface area (TPSA) is 124 Å². The first-order chi connectivity index (χ1) is 22.6. The normalized spacial score (nSPS) is 14.9. The van der Waals surface area contributed by atoms with E-state index in [2.05, 4.69) is 5.32 Å². The van der Waals surface area contributed by atoms with Gasteiger partial charge < -0.3 is 23.9 Å². The minimum Gasteiger partial charge on any atom is -0.462 e. The molecule has 3 aromatic rings. The van der Waals surface area contributed by atoms with Gasteiger partial charge in [-0.25, -0.2) is 17.6 Å². The number of hydrogen-bond acceptors (Lipinski definition) is 8. The zero-order valence-electron chi connectivity index (χ0n) is 27.0. The van der Waals surface area contributed by atoms with E-state index in [0.717, 1.165) is 36.6 Å². The van der Waals surface area contributed by atoms with E-state index in [0.29, 0.717) is 65.4 Å². The van der Waals surface area contributed by atoms with E-state index >= 15 is 0 Å². The van der Waals surface area contributed by atoms with Gasteiger partial charge in [-0.05, 0) is 72.6 Å². The summed E-state index contributed by atoms with van der Waals surface area (Å²) in [5.74, 6) is -0.397. The zero-order valence-corrected chi connectivity index (χ0v) is 27.8. The van der Waals surface area contributed by atoms with Crippen molar-refractivity contribution in [1.29, 1.82) is 0 Å². The predicted octanol–water partition coefficient (Wildman–Crippen LogP) is 6.27. The molecular weight excluding hydrogens is 627 g/mol. The van der Waals surface area contributed by atoms with E-state index in [-0.39, 0.29) is 49.8 Å². The number of halogens is 1. The van der Waals surface area contributed by atoms with Crippen molar-refractivity contribution in [1.82, 2.24) is 5.32 Å². The summed E-state index contributed by atoms with van der Waals surface area (Å²) in [5.41, 5.74) is 4.15. The average Bonchev–Trinajstić information content (AvgIpc) is 3.84. The number of esters is 1. The number of allylic oxidation sites excluding steroid dienone is 4. The van der Waals surface area contributed by atoms with Crippen molar-refractivity contribution in [2.24, 2.45) is 0 Å². The van der Waals surface area contributed by atoms with Crippen molar-refractivity contribution in [2.45, 2.75) is 51.6 Å². The van der Waals surface area contributed by atoms with E-state index in [4.69, 9.17) is 18.6 Å². The van der Waals surface area contributed by atoms with Gasteiger partial charge in [-0.2, -0.15) is 0 Å². The Morgan fingerprint density at radius 3 is 2.40 bits per heavy atom. The fourth-order valence-electron chi connectivity index (χ4n) is 5.50. The van der Waals surface area contributed by atoms with Crippen LogP contribution in [0.2, 0.25) is 0 Å². The summed E-state index contributed by atoms with van der Waals surface area (Å²) in [4.78, 5) is 25.0. The van der Waals surface area contributed by atoms with Crippen LogP contribution in [0, 0.1) is 0 Å². The number of carbonyl (C=O) groups excluding carboxylic acids is 2. The molecular formula is C35H41FN2O8S. The Labute approximate surface area is 274 Å². The minimum atomic E-state index is -3.71. The minimum absolute atomic E-state index is 0.0742. The molecule has 2 aliphatic carbocycles. The number of fused-ring (bicyclic) bond motifs is 1. The summed E-state index contributed by atoms with van der Waals surface area (Å²) in [6.45, 7) is 3.41. The largest absolute Gasteiger partial charge is 0.462 e. The lowest BCUT2D eigenvalue weighted by Crippen LogP contribution is -2.34. The van der Waals surface area contributed by atoms with Gasteiger partial charge in [0.05, 0.1) is 62.6 Å². The second-order valence-corrected chi connectivity index (χ2v) is 13.6. The molecule has 0 bridgehead atoms. The molecule has 5 rings (SSSR count). The number of anilines is 1. The summed E-state index contributed by atoms with van der Waals surface area (Å²) in [7, 11) is -2.17. The van der Waals surface area contributed by atoms with Gasteiger partial charge in [0.1, 0.15) is 17.2 Å². The van der Waals surface area contributed by atoms with Gasteiger partial charge in [-0.15, -0.1) is 0 Å². The van der Waals surface area contributed by atoms with Crippen molar-refractivity contribution in [2.75, 3.05) is 50.6 Å². The van der Waals surface area contributed by atoms with Crippen molar-refractivity contribution in [3.8, 4) is 0 Å². The van der Waals surface area contributed by atoms with Gasteiger partial charge in [0.2, 0.25) is 10.0 Å². The van der Waals surface area contributed by atoms with Crippen LogP contribution in [0.3, 0.4) is 0 Å². The molecule has 1 heterocycles. The second kappa shape index (κ2) is 15.3. The first kappa shape index (κ1) is 34.3. The molecule has 2 aromatic carbocycles. The summed E-state index contributed by atoms with van der Waals surface area (Å²) in [6, 6.07) is 10.6. The van der Waals surface area contributed by atoms with Crippen molar-refractivity contribution in [3.63, 3.8) is 0 Å². The fourth-order valence-corrected chi connectivity index (χ4v) is 6.42. The van der Waals surface area contributed by atoms with E-state index < -0.39 is 10.0 Å². The molecule has 0 unspecified atom stereocenters. The molecule has 0 aliphatic heterocycles. The highest BCUT2D eigenvalue weighted by Crippen LogP contribution is 2.48. The summed E-state index contributed by atoms with van der Waals surface area (Å²) >= 11 is 0. The van der Waals surface area contributed by atoms with Crippen molar-refractivity contribution in [3.05, 3.63) is 82.4 Å². The molecule has 10 nitrogen and oxygen atoms in total. The van der Waals surface area contributed by atoms with Crippen LogP contribution in [0.15, 0.2) is 58.8 Å². The second-order valence-electron chi connectivity index (χ2n) is 11.7. The summed E-state index contributed by atoms with van der Waals surface area (Å²) in [5, 5.41) is 3.27. The van der Waals surface area contributed by atoms with E-state index in [1.807, 2.05) is 25.1 Å². The van der Waals surface area contributed by atoms with Crippen LogP contribution in [0.25, 0.3) is 16.5 Å². The molecule has 0 atom stereocenters. The van der Waals surface area contributed by atoms with Crippen LogP contribution in [-0.2, 0) is 30.8 Å². The van der Waals surface area contributed by atoms with Crippen LogP contribution >= 0.6 is 0 Å². The molecule has 12 heteroatoms. The van der Waals surface area contributed by atoms with E-state index in [1.54, 1.807) is 24.3 Å². The Hall–Kier alpha value is -4.00. The maximum absolute atomic E-state index is 13.7. The standard InChI is InChI=1S/C35H41FN2O8S/c1-4-16-45-35(40)26-7-5-23(6-8-26)22-44-19-18-43-17-15-38(47(3,41)42)30-21-31-29(20-28(30)24-9-10-24)32(34(39)37-2)33(46-31)25-11-13-27(36)14-12-25/h5-8,11,13,20-21,24H,4,9-10,12,14-19,22H2,1-3H3,(H,37,39). The van der Waals surface area contributed by atoms with Gasteiger partial charge in [-0.3, -0.25) is 9.10 Å². The third kappa shape index (κ3) is 8.48. The maximum atomic E-state index is 13.7. The highest BCUT2D eigenvalue weighted by Gasteiger charge is 2.33. The van der Waals surface area contributed by atoms with Crippen molar-refractivity contribution < 1.29 is 41.0 Å². The molecule has 0 spiro atoms. The highest BCUT2D eigenvalue weighted by molar-refractivity contribution is 7.92. The summed E-state index contributed by atoms with van der Waals surface area (Å²) < 4.78 is 64.1. The van der Waals surface area contributed by atoms with Gasteiger partial charge in [0.25, 0.3) is 5.91 Å². The lowest BCUT2D eigenvalue weighted by molar-refractivity contribution is 0.0435. The molecule has 1 aromatic heterocycles. The van der Waals surface area contributed by atoms with Crippen LogP contribution in [0.4, 0.5) is 10.1 Å². The van der Waals surface area contributed by atoms with Crippen LogP contribution in [-0.4, -0.2) is 66.6 Å². The quantitative estimate of drug-likeness (QED) is 0.140. The molecule has 1 N–H and O–H groups in total. The number of amides is 1. The predicted molar refractivity (Wildman–Crippen MR) is 178 cm³/mol. The number of hydrogen-bond donors (Lipinski definition) is 1. The Bertz CT molecular complexity index is 1770. The maximum Gasteiger partial charge on any atom is 0.338 e. The first-order valence-corrected chi connectivity index (χ1v) is 17.7. The molecule has 1 saturated carbocycles. The summed E-state index contributed by atoms with van der Waals surface area (Å²) in [6.07, 6.45) is 7.33. The Morgan fingerprint density at radius 1 is 1.02 bits per heavy atom. The number of ether oxygens (including phenoxy) is 3. The Morgan fingerprint density at radius 2 is 1.77 bits per heavy atom. The molecule has 0 saturated heterocycles. The SMILES string of the molecule is CCCOC(=O)c1ccc(COCCOCCN(c2cc3oc(C4=CC=C(F)CC4)c(C(=O)NC)c3cc2C2CC2)S(C)(=O)=O)cc1. The fraction of sp³-hybridized carbons (Fsp3) is 0.429. The van der Waals surface area contributed by atoms with Crippen LogP contribution in [0.1, 0.15) is 82.5 Å². The number of sulfonamides is 1. The lowest BCUT2D eigenvalue weighted by atomic mass is 9.96. The number of nitrogens with one attached hydrogen (secondary N) is 1. The van der Waals surface area contributed by atoms with Gasteiger partial charge in [0, 0.05) is 24.9 Å². The molecule has 47 heavy (non-hydrogen) atoms. The number of carbonyl (C=O) groups is 2. The Kier molecular flexibility index (Phi) is 11.2. The smallest absolute Gasteiger partial charge is 0.338 e. The molecule has 1 fully saturated rings. The number of benzene rings is 2. The molecule has 252 valence electrons. The van der Waals surface area contributed by atoms with E-state index in [9.17, 15) is 22.4 Å². The van der Waals surface area contributed by atoms with Crippen LogP contribution < -0.4 is 9.62 Å². The van der Waals surface area contributed by atoms with Gasteiger partial charge in [0.15, 0.2) is 0 Å². The lowest BCUT2D eigenvalue weighted by Gasteiger charge is -2.25. The van der Waals surface area contributed by atoms with E-state index in [1.165, 1.54) is 17.4 Å². The van der Waals surface area contributed by atoms with Crippen molar-refractivity contribution >= 4 is 44.1 Å². The monoisotopic (exact) mass is 668 g/mol. The Balaban J connectivity index is 1.26. The molecule has 2 aliphatic rings. The zero-order chi connectivity index (χ0) is 33.6. The number of rotatable bonds is 16.